The Hall–Kier alpha value is -3.56. The van der Waals surface area contributed by atoms with E-state index in [1.54, 1.807) is 0 Å². The van der Waals surface area contributed by atoms with Gasteiger partial charge in [-0.1, -0.05) is 0 Å². The molecule has 1 aromatic rings. The molecule has 0 bridgehead atoms. The summed E-state index contributed by atoms with van der Waals surface area (Å²) in [5.41, 5.74) is 5.88. The third kappa shape index (κ3) is 8.66. The van der Waals surface area contributed by atoms with Crippen molar-refractivity contribution < 1.29 is 44.4 Å². The van der Waals surface area contributed by atoms with Crippen molar-refractivity contribution in [2.24, 2.45) is 5.73 Å². The minimum atomic E-state index is -1.67. The molecule has 0 aliphatic rings. The standard InChI is InChI=1S/C17H26N6O9/c18-9(5-24)14(28)22-11(3-8-4-19-7-20-8)16(30)21-10(1-2-13(26)27)15(29)23-12(6-25)17(31)32/h4,7,9-12,24-25H,1-3,5-6,18H2,(H,19,20)(H,21,30)(H,22,28)(H,23,29)(H,26,27)(H,31,32). The summed E-state index contributed by atoms with van der Waals surface area (Å²) in [5.74, 6) is -5.61. The largest absolute Gasteiger partial charge is 0.481 e. The number of nitrogens with one attached hydrogen (secondary N) is 4. The molecule has 32 heavy (non-hydrogen) atoms. The molecule has 10 N–H and O–H groups in total. The highest BCUT2D eigenvalue weighted by molar-refractivity contribution is 5.94. The van der Waals surface area contributed by atoms with E-state index in [-0.39, 0.29) is 6.42 Å². The van der Waals surface area contributed by atoms with Gasteiger partial charge in [0.15, 0.2) is 0 Å². The van der Waals surface area contributed by atoms with E-state index in [1.807, 2.05) is 5.32 Å². The summed E-state index contributed by atoms with van der Waals surface area (Å²) >= 11 is 0. The fraction of sp³-hybridized carbons (Fsp3) is 0.529. The van der Waals surface area contributed by atoms with Gasteiger partial charge in [-0.15, -0.1) is 0 Å². The van der Waals surface area contributed by atoms with E-state index in [2.05, 4.69) is 20.6 Å². The third-order valence-electron chi connectivity index (χ3n) is 4.22. The quantitative estimate of drug-likeness (QED) is 0.129. The van der Waals surface area contributed by atoms with E-state index < -0.39 is 79.9 Å². The number of imidazole rings is 1. The highest BCUT2D eigenvalue weighted by Crippen LogP contribution is 2.04. The van der Waals surface area contributed by atoms with Crippen LogP contribution in [-0.2, 0) is 30.4 Å². The molecule has 178 valence electrons. The van der Waals surface area contributed by atoms with E-state index in [9.17, 15) is 24.0 Å². The van der Waals surface area contributed by atoms with Gasteiger partial charge in [0.2, 0.25) is 17.7 Å². The lowest BCUT2D eigenvalue weighted by molar-refractivity contribution is -0.144. The number of aromatic amines is 1. The molecule has 0 aliphatic heterocycles. The van der Waals surface area contributed by atoms with Crippen molar-refractivity contribution in [2.75, 3.05) is 13.2 Å². The first kappa shape index (κ1) is 26.5. The van der Waals surface area contributed by atoms with Crippen molar-refractivity contribution >= 4 is 29.7 Å². The Morgan fingerprint density at radius 3 is 2.03 bits per heavy atom. The zero-order chi connectivity index (χ0) is 24.3. The third-order valence-corrected chi connectivity index (χ3v) is 4.22. The molecular formula is C17H26N6O9. The van der Waals surface area contributed by atoms with Crippen LogP contribution < -0.4 is 21.7 Å². The van der Waals surface area contributed by atoms with Gasteiger partial charge < -0.3 is 47.1 Å². The first-order chi connectivity index (χ1) is 15.1. The summed E-state index contributed by atoms with van der Waals surface area (Å²) in [6, 6.07) is -5.78. The van der Waals surface area contributed by atoms with Crippen molar-refractivity contribution in [1.82, 2.24) is 25.9 Å². The fourth-order valence-electron chi connectivity index (χ4n) is 2.45. The maximum absolute atomic E-state index is 12.8. The first-order valence-corrected chi connectivity index (χ1v) is 9.39. The van der Waals surface area contributed by atoms with Crippen LogP contribution in [0.5, 0.6) is 0 Å². The van der Waals surface area contributed by atoms with Crippen LogP contribution in [0, 0.1) is 0 Å². The second kappa shape index (κ2) is 13.0. The number of amides is 3. The summed E-state index contributed by atoms with van der Waals surface area (Å²) in [7, 11) is 0. The Balaban J connectivity index is 3.02. The molecule has 0 aliphatic carbocycles. The maximum Gasteiger partial charge on any atom is 0.328 e. The number of hydrogen-bond donors (Lipinski definition) is 9. The highest BCUT2D eigenvalue weighted by Gasteiger charge is 2.30. The monoisotopic (exact) mass is 458 g/mol. The van der Waals surface area contributed by atoms with Gasteiger partial charge in [0.1, 0.15) is 24.2 Å². The van der Waals surface area contributed by atoms with Gasteiger partial charge in [-0.3, -0.25) is 19.2 Å². The highest BCUT2D eigenvalue weighted by atomic mass is 16.4. The van der Waals surface area contributed by atoms with E-state index >= 15 is 0 Å². The number of rotatable bonds is 14. The number of carboxylic acid groups (broad SMARTS) is 2. The molecule has 0 radical (unpaired) electrons. The van der Waals surface area contributed by atoms with Crippen LogP contribution in [0.15, 0.2) is 12.5 Å². The SMILES string of the molecule is NC(CO)C(=O)NC(Cc1cnc[nH]1)C(=O)NC(CCC(=O)O)C(=O)NC(CO)C(=O)O. The molecule has 1 aromatic heterocycles. The molecule has 15 heteroatoms. The molecule has 1 heterocycles. The van der Waals surface area contributed by atoms with Crippen LogP contribution in [-0.4, -0.2) is 97.4 Å². The number of nitrogens with two attached hydrogens (primary N) is 1. The van der Waals surface area contributed by atoms with E-state index in [4.69, 9.17) is 26.2 Å². The summed E-state index contributed by atoms with van der Waals surface area (Å²) in [5, 5.41) is 42.5. The molecule has 0 fully saturated rings. The molecule has 0 spiro atoms. The van der Waals surface area contributed by atoms with Crippen LogP contribution in [0.1, 0.15) is 18.5 Å². The van der Waals surface area contributed by atoms with Crippen LogP contribution in [0.2, 0.25) is 0 Å². The van der Waals surface area contributed by atoms with E-state index in [1.165, 1.54) is 12.5 Å². The molecule has 0 aromatic carbocycles. The van der Waals surface area contributed by atoms with Crippen molar-refractivity contribution in [2.45, 2.75) is 43.4 Å². The number of nitrogens with zero attached hydrogens (tertiary/aromatic N) is 1. The molecule has 0 saturated heterocycles. The second-order valence-electron chi connectivity index (χ2n) is 6.71. The molecule has 4 unspecified atom stereocenters. The zero-order valence-electron chi connectivity index (χ0n) is 16.9. The zero-order valence-corrected chi connectivity index (χ0v) is 16.9. The molecule has 15 nitrogen and oxygen atoms in total. The van der Waals surface area contributed by atoms with Gasteiger partial charge >= 0.3 is 11.9 Å². The summed E-state index contributed by atoms with van der Waals surface area (Å²) in [6.45, 7) is -1.62. The van der Waals surface area contributed by atoms with Crippen LogP contribution in [0.25, 0.3) is 0 Å². The number of aliphatic hydroxyl groups is 2. The van der Waals surface area contributed by atoms with Crippen LogP contribution in [0.3, 0.4) is 0 Å². The summed E-state index contributed by atoms with van der Waals surface area (Å²) in [6.07, 6.45) is 1.66. The van der Waals surface area contributed by atoms with Crippen molar-refractivity contribution in [3.8, 4) is 0 Å². The predicted molar refractivity (Wildman–Crippen MR) is 105 cm³/mol. The van der Waals surface area contributed by atoms with Crippen LogP contribution in [0.4, 0.5) is 0 Å². The fourth-order valence-corrected chi connectivity index (χ4v) is 2.45. The van der Waals surface area contributed by atoms with Gasteiger partial charge in [-0.25, -0.2) is 9.78 Å². The number of carbonyl (C=O) groups is 5. The molecular weight excluding hydrogens is 432 g/mol. The number of carboxylic acids is 2. The molecule has 0 saturated carbocycles. The maximum atomic E-state index is 12.8. The lowest BCUT2D eigenvalue weighted by Gasteiger charge is -2.24. The van der Waals surface area contributed by atoms with E-state index in [0.717, 1.165) is 0 Å². The minimum Gasteiger partial charge on any atom is -0.481 e. The second-order valence-corrected chi connectivity index (χ2v) is 6.71. The lowest BCUT2D eigenvalue weighted by atomic mass is 10.1. The van der Waals surface area contributed by atoms with Gasteiger partial charge in [0.05, 0.1) is 19.5 Å². The predicted octanol–water partition coefficient (Wildman–Crippen LogP) is -4.33. The first-order valence-electron chi connectivity index (χ1n) is 9.39. The molecule has 3 amide bonds. The minimum absolute atomic E-state index is 0.114. The Morgan fingerprint density at radius 2 is 1.53 bits per heavy atom. The average Bonchev–Trinajstić information content (AvgIpc) is 3.26. The summed E-state index contributed by atoms with van der Waals surface area (Å²) in [4.78, 5) is 65.8. The molecule has 1 rings (SSSR count). The van der Waals surface area contributed by atoms with E-state index in [0.29, 0.717) is 5.69 Å². The van der Waals surface area contributed by atoms with Crippen LogP contribution >= 0.6 is 0 Å². The Bertz CT molecular complexity index is 800. The van der Waals surface area contributed by atoms with Crippen molar-refractivity contribution in [1.29, 1.82) is 0 Å². The lowest BCUT2D eigenvalue weighted by Crippen LogP contribution is -2.58. The van der Waals surface area contributed by atoms with Gasteiger partial charge in [0, 0.05) is 24.7 Å². The van der Waals surface area contributed by atoms with Gasteiger partial charge in [-0.05, 0) is 6.42 Å². The van der Waals surface area contributed by atoms with Gasteiger partial charge in [-0.2, -0.15) is 0 Å². The number of H-pyrrole nitrogens is 1. The topological polar surface area (TPSA) is 257 Å². The number of aliphatic carboxylic acids is 2. The summed E-state index contributed by atoms with van der Waals surface area (Å²) < 4.78 is 0. The number of aliphatic hydroxyl groups excluding tert-OH is 2. The Morgan fingerprint density at radius 1 is 0.938 bits per heavy atom. The normalized spacial score (nSPS) is 14.5. The Labute approximate surface area is 181 Å². The number of hydrogen-bond acceptors (Lipinski definition) is 9. The van der Waals surface area contributed by atoms with Crippen molar-refractivity contribution in [3.05, 3.63) is 18.2 Å². The average molecular weight is 458 g/mol. The Kier molecular flexibility index (Phi) is 10.7. The van der Waals surface area contributed by atoms with Crippen molar-refractivity contribution in [3.63, 3.8) is 0 Å². The smallest absolute Gasteiger partial charge is 0.328 e. The number of carbonyl (C=O) groups excluding carboxylic acids is 3. The number of aromatic nitrogens is 2. The molecule has 4 atom stereocenters. The van der Waals surface area contributed by atoms with Gasteiger partial charge in [0.25, 0.3) is 0 Å².